The lowest BCUT2D eigenvalue weighted by Gasteiger charge is -2.23. The highest BCUT2D eigenvalue weighted by molar-refractivity contribution is 6.32. The number of amides is 2. The lowest BCUT2D eigenvalue weighted by Crippen LogP contribution is -2.47. The van der Waals surface area contributed by atoms with E-state index in [9.17, 15) is 9.59 Å². The zero-order valence-electron chi connectivity index (χ0n) is 13.6. The van der Waals surface area contributed by atoms with Crippen LogP contribution in [0.1, 0.15) is 26.3 Å². The molecule has 1 aromatic rings. The lowest BCUT2D eigenvalue weighted by atomic mass is 10.1. The molecule has 0 aliphatic rings. The van der Waals surface area contributed by atoms with Crippen LogP contribution in [0.15, 0.2) is 18.2 Å². The third-order valence-corrected chi connectivity index (χ3v) is 3.03. The van der Waals surface area contributed by atoms with Crippen LogP contribution in [0, 0.1) is 11.3 Å². The highest BCUT2D eigenvalue weighted by Crippen LogP contribution is 2.25. The summed E-state index contributed by atoms with van der Waals surface area (Å²) in [4.78, 5) is 25.0. The van der Waals surface area contributed by atoms with Gasteiger partial charge in [-0.15, -0.1) is 0 Å². The maximum atomic E-state index is 12.0. The van der Waals surface area contributed by atoms with Gasteiger partial charge in [0.15, 0.2) is 6.61 Å². The van der Waals surface area contributed by atoms with Crippen LogP contribution in [-0.2, 0) is 9.59 Å². The Balaban J connectivity index is 2.53. The molecule has 0 aromatic heterocycles. The van der Waals surface area contributed by atoms with Gasteiger partial charge in [0, 0.05) is 12.6 Å². The monoisotopic (exact) mass is 337 g/mol. The Labute approximate surface area is 141 Å². The summed E-state index contributed by atoms with van der Waals surface area (Å²) in [6.45, 7) is 5.29. The number of likely N-dealkylation sites (N-methyl/N-ethyl adjacent to an activating group) is 1. The molecule has 23 heavy (non-hydrogen) atoms. The highest BCUT2D eigenvalue weighted by Gasteiger charge is 2.18. The number of rotatable bonds is 5. The van der Waals surface area contributed by atoms with Gasteiger partial charge in [-0.1, -0.05) is 11.6 Å². The van der Waals surface area contributed by atoms with Gasteiger partial charge in [0.2, 0.25) is 5.91 Å². The van der Waals surface area contributed by atoms with Crippen LogP contribution in [0.3, 0.4) is 0 Å². The molecular formula is C16H20ClN3O3. The number of nitrogens with zero attached hydrogens (tertiary/aromatic N) is 2. The third kappa shape index (κ3) is 6.57. The summed E-state index contributed by atoms with van der Waals surface area (Å²) in [5, 5.41) is 11.8. The van der Waals surface area contributed by atoms with Crippen molar-refractivity contribution in [3.63, 3.8) is 0 Å². The van der Waals surface area contributed by atoms with Crippen LogP contribution in [0.2, 0.25) is 5.02 Å². The van der Waals surface area contributed by atoms with E-state index < -0.39 is 0 Å². The first-order valence-electron chi connectivity index (χ1n) is 7.00. The second-order valence-corrected chi connectivity index (χ2v) is 6.50. The van der Waals surface area contributed by atoms with Crippen molar-refractivity contribution in [1.29, 1.82) is 5.26 Å². The Hall–Kier alpha value is -2.26. The molecule has 0 unspecified atom stereocenters. The molecule has 0 atom stereocenters. The molecule has 0 spiro atoms. The Bertz CT molecular complexity index is 632. The number of halogens is 1. The maximum Gasteiger partial charge on any atom is 0.260 e. The molecule has 0 heterocycles. The van der Waals surface area contributed by atoms with Gasteiger partial charge in [0.05, 0.1) is 23.2 Å². The number of carbonyl (C=O) groups excluding carboxylic acids is 2. The van der Waals surface area contributed by atoms with Crippen LogP contribution in [0.4, 0.5) is 0 Å². The van der Waals surface area contributed by atoms with Gasteiger partial charge in [-0.3, -0.25) is 9.59 Å². The molecule has 0 fully saturated rings. The predicted molar refractivity (Wildman–Crippen MR) is 87.2 cm³/mol. The predicted octanol–water partition coefficient (Wildman–Crippen LogP) is 1.96. The van der Waals surface area contributed by atoms with Gasteiger partial charge in [-0.25, -0.2) is 0 Å². The standard InChI is InChI=1S/C16H20ClN3O3/c1-16(2,3)19-14(21)9-20(4)15(22)10-23-13-6-5-11(8-18)7-12(13)17/h5-7H,9-10H2,1-4H3,(H,19,21). The second-order valence-electron chi connectivity index (χ2n) is 6.09. The largest absolute Gasteiger partial charge is 0.482 e. The van der Waals surface area contributed by atoms with Gasteiger partial charge in [-0.2, -0.15) is 5.26 Å². The molecule has 2 amide bonds. The Morgan fingerprint density at radius 3 is 2.57 bits per heavy atom. The fourth-order valence-electron chi connectivity index (χ4n) is 1.70. The van der Waals surface area contributed by atoms with Gasteiger partial charge < -0.3 is 15.0 Å². The summed E-state index contributed by atoms with van der Waals surface area (Å²) in [6.07, 6.45) is 0. The summed E-state index contributed by atoms with van der Waals surface area (Å²) >= 11 is 5.96. The van der Waals surface area contributed by atoms with Crippen molar-refractivity contribution in [2.45, 2.75) is 26.3 Å². The quantitative estimate of drug-likeness (QED) is 0.890. The van der Waals surface area contributed by atoms with Gasteiger partial charge >= 0.3 is 0 Å². The maximum absolute atomic E-state index is 12.0. The van der Waals surface area contributed by atoms with Crippen LogP contribution >= 0.6 is 11.6 Å². The number of carbonyl (C=O) groups is 2. The summed E-state index contributed by atoms with van der Waals surface area (Å²) in [5.41, 5.74) is 0.0534. The molecule has 1 aromatic carbocycles. The topological polar surface area (TPSA) is 82.4 Å². The average Bonchev–Trinajstić information content (AvgIpc) is 2.43. The summed E-state index contributed by atoms with van der Waals surface area (Å²) in [5.74, 6) is -0.286. The zero-order valence-corrected chi connectivity index (χ0v) is 14.4. The fraction of sp³-hybridized carbons (Fsp3) is 0.438. The number of nitriles is 1. The number of nitrogens with one attached hydrogen (secondary N) is 1. The zero-order chi connectivity index (χ0) is 17.6. The van der Waals surface area contributed by atoms with Crippen molar-refractivity contribution in [3.05, 3.63) is 28.8 Å². The van der Waals surface area contributed by atoms with E-state index in [1.807, 2.05) is 26.8 Å². The van der Waals surface area contributed by atoms with E-state index in [2.05, 4.69) is 5.32 Å². The SMILES string of the molecule is CN(CC(=O)NC(C)(C)C)C(=O)COc1ccc(C#N)cc1Cl. The minimum Gasteiger partial charge on any atom is -0.482 e. The van der Waals surface area contributed by atoms with Gasteiger partial charge in [0.1, 0.15) is 5.75 Å². The molecule has 0 radical (unpaired) electrons. The van der Waals surface area contributed by atoms with E-state index in [4.69, 9.17) is 21.6 Å². The minimum absolute atomic E-state index is 0.0550. The summed E-state index contributed by atoms with van der Waals surface area (Å²) in [6, 6.07) is 6.49. The molecule has 0 bridgehead atoms. The van der Waals surface area contributed by atoms with Crippen molar-refractivity contribution < 1.29 is 14.3 Å². The van der Waals surface area contributed by atoms with E-state index in [1.165, 1.54) is 24.1 Å². The first-order chi connectivity index (χ1) is 10.6. The molecule has 0 saturated carbocycles. The Morgan fingerprint density at radius 1 is 1.39 bits per heavy atom. The van der Waals surface area contributed by atoms with E-state index in [0.29, 0.717) is 11.3 Å². The molecule has 1 N–H and O–H groups in total. The second kappa shape index (κ2) is 7.84. The summed E-state index contributed by atoms with van der Waals surface area (Å²) < 4.78 is 5.34. The van der Waals surface area contributed by atoms with Crippen LogP contribution in [-0.4, -0.2) is 42.5 Å². The number of hydrogen-bond acceptors (Lipinski definition) is 4. The van der Waals surface area contributed by atoms with Crippen LogP contribution in [0.25, 0.3) is 0 Å². The molecule has 0 saturated heterocycles. The molecule has 124 valence electrons. The van der Waals surface area contributed by atoms with Gasteiger partial charge in [-0.05, 0) is 39.0 Å². The molecule has 0 aliphatic heterocycles. The Morgan fingerprint density at radius 2 is 2.04 bits per heavy atom. The van der Waals surface area contributed by atoms with Crippen LogP contribution in [0.5, 0.6) is 5.75 Å². The normalized spacial score (nSPS) is 10.6. The third-order valence-electron chi connectivity index (χ3n) is 2.73. The van der Waals surface area contributed by atoms with Gasteiger partial charge in [0.25, 0.3) is 5.91 Å². The first-order valence-corrected chi connectivity index (χ1v) is 7.37. The minimum atomic E-state index is -0.354. The van der Waals surface area contributed by atoms with Crippen molar-refractivity contribution in [2.75, 3.05) is 20.2 Å². The van der Waals surface area contributed by atoms with Crippen LogP contribution < -0.4 is 10.1 Å². The lowest BCUT2D eigenvalue weighted by molar-refractivity contribution is -0.136. The first kappa shape index (κ1) is 18.8. The van der Waals surface area contributed by atoms with E-state index >= 15 is 0 Å². The average molecular weight is 338 g/mol. The van der Waals surface area contributed by atoms with E-state index in [-0.39, 0.29) is 35.5 Å². The molecule has 6 nitrogen and oxygen atoms in total. The smallest absolute Gasteiger partial charge is 0.260 e. The van der Waals surface area contributed by atoms with Crippen molar-refractivity contribution >= 4 is 23.4 Å². The fourth-order valence-corrected chi connectivity index (χ4v) is 1.93. The van der Waals surface area contributed by atoms with Crippen molar-refractivity contribution in [3.8, 4) is 11.8 Å². The van der Waals surface area contributed by atoms with E-state index in [1.54, 1.807) is 6.07 Å². The number of benzene rings is 1. The Kier molecular flexibility index (Phi) is 6.40. The molecule has 1 rings (SSSR count). The molecule has 7 heteroatoms. The molecular weight excluding hydrogens is 318 g/mol. The number of hydrogen-bond donors (Lipinski definition) is 1. The van der Waals surface area contributed by atoms with Crippen molar-refractivity contribution in [1.82, 2.24) is 10.2 Å². The molecule has 0 aliphatic carbocycles. The van der Waals surface area contributed by atoms with Crippen molar-refractivity contribution in [2.24, 2.45) is 0 Å². The summed E-state index contributed by atoms with van der Waals surface area (Å²) in [7, 11) is 1.52. The van der Waals surface area contributed by atoms with E-state index in [0.717, 1.165) is 0 Å². The number of ether oxygens (including phenoxy) is 1. The highest BCUT2D eigenvalue weighted by atomic mass is 35.5.